The van der Waals surface area contributed by atoms with E-state index in [-0.39, 0.29) is 22.5 Å². The zero-order valence-corrected chi connectivity index (χ0v) is 20.4. The SMILES string of the molecule is CCCCOc1cccc(C(=O)NC(=S)Nc2ccc(S(=O)(=O)NCc3ccccc3)cc2)c1. The molecule has 0 aromatic heterocycles. The van der Waals surface area contributed by atoms with Gasteiger partial charge in [0.05, 0.1) is 11.5 Å². The van der Waals surface area contributed by atoms with Gasteiger partial charge < -0.3 is 10.1 Å². The van der Waals surface area contributed by atoms with Gasteiger partial charge in [0.25, 0.3) is 5.91 Å². The van der Waals surface area contributed by atoms with Crippen LogP contribution in [0.1, 0.15) is 35.7 Å². The van der Waals surface area contributed by atoms with E-state index in [9.17, 15) is 13.2 Å². The second kappa shape index (κ2) is 12.3. The number of ether oxygens (including phenoxy) is 1. The third kappa shape index (κ3) is 7.65. The van der Waals surface area contributed by atoms with Gasteiger partial charge in [-0.1, -0.05) is 49.7 Å². The minimum Gasteiger partial charge on any atom is -0.494 e. The van der Waals surface area contributed by atoms with Crippen LogP contribution in [0.15, 0.2) is 83.8 Å². The lowest BCUT2D eigenvalue weighted by Crippen LogP contribution is -2.34. The number of amides is 1. The molecule has 0 bridgehead atoms. The van der Waals surface area contributed by atoms with Crippen molar-refractivity contribution in [2.75, 3.05) is 11.9 Å². The van der Waals surface area contributed by atoms with Gasteiger partial charge in [-0.15, -0.1) is 0 Å². The Morgan fingerprint density at radius 2 is 1.71 bits per heavy atom. The first-order valence-electron chi connectivity index (χ1n) is 10.9. The van der Waals surface area contributed by atoms with Crippen molar-refractivity contribution < 1.29 is 17.9 Å². The van der Waals surface area contributed by atoms with Gasteiger partial charge >= 0.3 is 0 Å². The molecular formula is C25H27N3O4S2. The van der Waals surface area contributed by atoms with Crippen LogP contribution in [-0.4, -0.2) is 26.0 Å². The molecule has 3 aromatic rings. The third-order valence-corrected chi connectivity index (χ3v) is 6.44. The van der Waals surface area contributed by atoms with Crippen LogP contribution in [0.5, 0.6) is 5.75 Å². The zero-order chi connectivity index (χ0) is 24.4. The highest BCUT2D eigenvalue weighted by Gasteiger charge is 2.14. The maximum absolute atomic E-state index is 12.5. The number of benzene rings is 3. The molecule has 7 nitrogen and oxygen atoms in total. The van der Waals surface area contributed by atoms with Gasteiger partial charge in [0.2, 0.25) is 10.0 Å². The van der Waals surface area contributed by atoms with E-state index in [4.69, 9.17) is 17.0 Å². The minimum absolute atomic E-state index is 0.0973. The topological polar surface area (TPSA) is 96.5 Å². The Labute approximate surface area is 205 Å². The van der Waals surface area contributed by atoms with Gasteiger partial charge in [0, 0.05) is 17.8 Å². The van der Waals surface area contributed by atoms with Gasteiger partial charge in [0.1, 0.15) is 5.75 Å². The molecule has 0 radical (unpaired) electrons. The molecule has 0 saturated carbocycles. The molecule has 9 heteroatoms. The molecule has 0 unspecified atom stereocenters. The van der Waals surface area contributed by atoms with Gasteiger partial charge in [-0.05, 0) is 66.7 Å². The summed E-state index contributed by atoms with van der Waals surface area (Å²) in [6.45, 7) is 2.87. The second-order valence-corrected chi connectivity index (χ2v) is 9.65. The Balaban J connectivity index is 1.54. The van der Waals surface area contributed by atoms with Crippen LogP contribution in [0.2, 0.25) is 0 Å². The number of carbonyl (C=O) groups excluding carboxylic acids is 1. The van der Waals surface area contributed by atoms with Crippen molar-refractivity contribution in [1.29, 1.82) is 0 Å². The highest BCUT2D eigenvalue weighted by Crippen LogP contribution is 2.16. The van der Waals surface area contributed by atoms with Crippen LogP contribution in [0, 0.1) is 0 Å². The lowest BCUT2D eigenvalue weighted by Gasteiger charge is -2.12. The molecule has 3 N–H and O–H groups in total. The van der Waals surface area contributed by atoms with Crippen molar-refractivity contribution in [2.24, 2.45) is 0 Å². The average molecular weight is 498 g/mol. The third-order valence-electron chi connectivity index (χ3n) is 4.82. The Hall–Kier alpha value is -3.27. The van der Waals surface area contributed by atoms with E-state index in [0.717, 1.165) is 18.4 Å². The quantitative estimate of drug-likeness (QED) is 0.283. The summed E-state index contributed by atoms with van der Waals surface area (Å²) in [6.07, 6.45) is 1.96. The van der Waals surface area contributed by atoms with Gasteiger partial charge in [0.15, 0.2) is 5.11 Å². The summed E-state index contributed by atoms with van der Waals surface area (Å²) in [4.78, 5) is 12.6. The molecule has 0 aliphatic heterocycles. The van der Waals surface area contributed by atoms with Gasteiger partial charge in [-0.3, -0.25) is 10.1 Å². The number of unbranched alkanes of at least 4 members (excludes halogenated alkanes) is 1. The number of anilines is 1. The van der Waals surface area contributed by atoms with Crippen molar-refractivity contribution in [3.63, 3.8) is 0 Å². The highest BCUT2D eigenvalue weighted by molar-refractivity contribution is 7.89. The van der Waals surface area contributed by atoms with E-state index in [1.165, 1.54) is 12.1 Å². The maximum Gasteiger partial charge on any atom is 0.257 e. The van der Waals surface area contributed by atoms with Crippen LogP contribution in [-0.2, 0) is 16.6 Å². The van der Waals surface area contributed by atoms with Crippen molar-refractivity contribution in [3.05, 3.63) is 90.0 Å². The molecule has 34 heavy (non-hydrogen) atoms. The summed E-state index contributed by atoms with van der Waals surface area (Å²) in [5.41, 5.74) is 1.83. The summed E-state index contributed by atoms with van der Waals surface area (Å²) >= 11 is 5.23. The molecule has 0 atom stereocenters. The van der Waals surface area contributed by atoms with E-state index < -0.39 is 10.0 Å². The largest absolute Gasteiger partial charge is 0.494 e. The second-order valence-electron chi connectivity index (χ2n) is 7.47. The molecule has 0 fully saturated rings. The van der Waals surface area contributed by atoms with E-state index in [1.807, 2.05) is 30.3 Å². The van der Waals surface area contributed by atoms with Crippen molar-refractivity contribution >= 4 is 38.9 Å². The number of hydrogen-bond acceptors (Lipinski definition) is 5. The van der Waals surface area contributed by atoms with Gasteiger partial charge in [-0.2, -0.15) is 0 Å². The molecule has 0 spiro atoms. The van der Waals surface area contributed by atoms with Gasteiger partial charge in [-0.25, -0.2) is 13.1 Å². The molecule has 0 saturated heterocycles. The fraction of sp³-hybridized carbons (Fsp3) is 0.200. The number of carbonyl (C=O) groups is 1. The fourth-order valence-electron chi connectivity index (χ4n) is 2.97. The molecule has 3 rings (SSSR count). The normalized spacial score (nSPS) is 11.0. The number of sulfonamides is 1. The fourth-order valence-corrected chi connectivity index (χ4v) is 4.20. The minimum atomic E-state index is -3.66. The number of rotatable bonds is 10. The first kappa shape index (κ1) is 25.4. The first-order valence-corrected chi connectivity index (χ1v) is 12.8. The predicted molar refractivity (Wildman–Crippen MR) is 137 cm³/mol. The Kier molecular flexibility index (Phi) is 9.15. The predicted octanol–water partition coefficient (Wildman–Crippen LogP) is 4.47. The molecule has 0 aliphatic carbocycles. The number of thiocarbonyl (C=S) groups is 1. The molecule has 1 amide bonds. The molecule has 3 aromatic carbocycles. The summed E-state index contributed by atoms with van der Waals surface area (Å²) in [6, 6.07) is 22.3. The molecule has 0 heterocycles. The number of nitrogens with one attached hydrogen (secondary N) is 3. The first-order chi connectivity index (χ1) is 16.4. The Morgan fingerprint density at radius 1 is 0.971 bits per heavy atom. The number of hydrogen-bond donors (Lipinski definition) is 3. The van der Waals surface area contributed by atoms with Crippen molar-refractivity contribution in [1.82, 2.24) is 10.0 Å². The molecule has 0 aliphatic rings. The van der Waals surface area contributed by atoms with E-state index in [0.29, 0.717) is 23.6 Å². The summed E-state index contributed by atoms with van der Waals surface area (Å²) in [5, 5.41) is 5.60. The smallest absolute Gasteiger partial charge is 0.257 e. The Morgan fingerprint density at radius 3 is 2.41 bits per heavy atom. The molecular weight excluding hydrogens is 470 g/mol. The van der Waals surface area contributed by atoms with Crippen LogP contribution in [0.25, 0.3) is 0 Å². The summed E-state index contributed by atoms with van der Waals surface area (Å²) in [7, 11) is -3.66. The van der Waals surface area contributed by atoms with Crippen LogP contribution < -0.4 is 20.1 Å². The standard InChI is InChI=1S/C25H27N3O4S2/c1-2-3-16-32-22-11-7-10-20(17-22)24(29)28-25(33)27-21-12-14-23(15-13-21)34(30,31)26-18-19-8-5-4-6-9-19/h4-15,17,26H,2-3,16,18H2,1H3,(H2,27,28,29,33). The lowest BCUT2D eigenvalue weighted by molar-refractivity contribution is 0.0977. The Bertz CT molecular complexity index is 1210. The van der Waals surface area contributed by atoms with Crippen LogP contribution in [0.3, 0.4) is 0 Å². The maximum atomic E-state index is 12.5. The van der Waals surface area contributed by atoms with Crippen LogP contribution in [0.4, 0.5) is 5.69 Å². The average Bonchev–Trinajstić information content (AvgIpc) is 2.84. The zero-order valence-electron chi connectivity index (χ0n) is 18.8. The summed E-state index contributed by atoms with van der Waals surface area (Å²) < 4.78 is 33.3. The van der Waals surface area contributed by atoms with E-state index in [1.54, 1.807) is 36.4 Å². The lowest BCUT2D eigenvalue weighted by atomic mass is 10.2. The monoisotopic (exact) mass is 497 g/mol. The van der Waals surface area contributed by atoms with Crippen molar-refractivity contribution in [2.45, 2.75) is 31.2 Å². The molecule has 178 valence electrons. The van der Waals surface area contributed by atoms with Crippen molar-refractivity contribution in [3.8, 4) is 5.75 Å². The highest BCUT2D eigenvalue weighted by atomic mass is 32.2. The summed E-state index contributed by atoms with van der Waals surface area (Å²) in [5.74, 6) is 0.250. The van der Waals surface area contributed by atoms with E-state index >= 15 is 0 Å². The van der Waals surface area contributed by atoms with Crippen LogP contribution >= 0.6 is 12.2 Å². The van der Waals surface area contributed by atoms with E-state index in [2.05, 4.69) is 22.3 Å².